The second-order valence-electron chi connectivity index (χ2n) is 5.79. The van der Waals surface area contributed by atoms with Crippen LogP contribution in [-0.4, -0.2) is 41.6 Å². The summed E-state index contributed by atoms with van der Waals surface area (Å²) in [5.74, 6) is 1.60. The van der Waals surface area contributed by atoms with Gasteiger partial charge < -0.3 is 15.0 Å². The van der Waals surface area contributed by atoms with Crippen LogP contribution in [-0.2, 0) is 4.79 Å². The topological polar surface area (TPSA) is 67.3 Å². The van der Waals surface area contributed by atoms with Gasteiger partial charge in [-0.05, 0) is 31.0 Å². The Morgan fingerprint density at radius 1 is 1.12 bits per heavy atom. The van der Waals surface area contributed by atoms with Gasteiger partial charge in [0.2, 0.25) is 11.9 Å². The average Bonchev–Trinajstić information content (AvgIpc) is 2.64. The summed E-state index contributed by atoms with van der Waals surface area (Å²) in [6, 6.07) is 11.6. The molecule has 0 unspecified atom stereocenters. The molecule has 0 radical (unpaired) electrons. The summed E-state index contributed by atoms with van der Waals surface area (Å²) < 4.78 is 5.56. The van der Waals surface area contributed by atoms with Crippen LogP contribution >= 0.6 is 0 Å². The molecule has 1 amide bonds. The minimum Gasteiger partial charge on any atom is -0.493 e. The van der Waals surface area contributed by atoms with E-state index < -0.39 is 0 Å². The highest BCUT2D eigenvalue weighted by Gasteiger charge is 2.21. The number of ether oxygens (including phenoxy) is 1. The maximum absolute atomic E-state index is 12.0. The van der Waals surface area contributed by atoms with Crippen molar-refractivity contribution in [3.63, 3.8) is 0 Å². The highest BCUT2D eigenvalue weighted by molar-refractivity contribution is 5.76. The van der Waals surface area contributed by atoms with E-state index in [0.717, 1.165) is 37.6 Å². The van der Waals surface area contributed by atoms with Crippen molar-refractivity contribution in [2.75, 3.05) is 24.6 Å². The number of hydrogen-bond acceptors (Lipinski definition) is 5. The van der Waals surface area contributed by atoms with Gasteiger partial charge in [0.05, 0.1) is 13.0 Å². The van der Waals surface area contributed by atoms with Crippen molar-refractivity contribution in [2.45, 2.75) is 25.3 Å². The molecule has 3 rings (SSSR count). The fourth-order valence-electron chi connectivity index (χ4n) is 2.76. The lowest BCUT2D eigenvalue weighted by Gasteiger charge is -2.32. The van der Waals surface area contributed by atoms with E-state index in [1.807, 2.05) is 36.4 Å². The molecule has 1 aliphatic heterocycles. The van der Waals surface area contributed by atoms with E-state index in [4.69, 9.17) is 4.74 Å². The number of aromatic nitrogens is 2. The van der Waals surface area contributed by atoms with Gasteiger partial charge in [0.25, 0.3) is 0 Å². The summed E-state index contributed by atoms with van der Waals surface area (Å²) in [5.41, 5.74) is 0. The Morgan fingerprint density at radius 2 is 1.83 bits per heavy atom. The van der Waals surface area contributed by atoms with Crippen LogP contribution in [0.1, 0.15) is 19.3 Å². The molecule has 2 heterocycles. The Morgan fingerprint density at radius 3 is 2.54 bits per heavy atom. The lowest BCUT2D eigenvalue weighted by atomic mass is 10.1. The Balaban J connectivity index is 1.36. The molecule has 126 valence electrons. The number of hydrogen-bond donors (Lipinski definition) is 1. The lowest BCUT2D eigenvalue weighted by Crippen LogP contribution is -2.45. The van der Waals surface area contributed by atoms with Crippen molar-refractivity contribution in [3.8, 4) is 5.75 Å². The Kier molecular flexibility index (Phi) is 5.61. The van der Waals surface area contributed by atoms with Gasteiger partial charge in [0.1, 0.15) is 5.75 Å². The summed E-state index contributed by atoms with van der Waals surface area (Å²) >= 11 is 0. The molecule has 6 nitrogen and oxygen atoms in total. The molecule has 0 saturated carbocycles. The van der Waals surface area contributed by atoms with Crippen molar-refractivity contribution >= 4 is 11.9 Å². The molecule has 0 aliphatic carbocycles. The number of nitrogens with one attached hydrogen (secondary N) is 1. The molecule has 1 aromatic heterocycles. The van der Waals surface area contributed by atoms with Crippen LogP contribution in [0.5, 0.6) is 5.75 Å². The normalized spacial score (nSPS) is 15.1. The van der Waals surface area contributed by atoms with Crippen molar-refractivity contribution in [3.05, 3.63) is 48.8 Å². The fraction of sp³-hybridized carbons (Fsp3) is 0.389. The number of anilines is 1. The highest BCUT2D eigenvalue weighted by atomic mass is 16.5. The third kappa shape index (κ3) is 4.68. The molecule has 0 bridgehead atoms. The first-order valence-corrected chi connectivity index (χ1v) is 8.30. The van der Waals surface area contributed by atoms with Crippen molar-refractivity contribution in [1.82, 2.24) is 15.3 Å². The molecule has 6 heteroatoms. The zero-order chi connectivity index (χ0) is 16.6. The average molecular weight is 326 g/mol. The fourth-order valence-corrected chi connectivity index (χ4v) is 2.76. The number of rotatable bonds is 6. The zero-order valence-corrected chi connectivity index (χ0v) is 13.6. The summed E-state index contributed by atoms with van der Waals surface area (Å²) in [7, 11) is 0. The van der Waals surface area contributed by atoms with E-state index in [-0.39, 0.29) is 11.9 Å². The van der Waals surface area contributed by atoms with Crippen LogP contribution in [0, 0.1) is 0 Å². The van der Waals surface area contributed by atoms with E-state index in [9.17, 15) is 4.79 Å². The second kappa shape index (κ2) is 8.29. The number of amides is 1. The number of benzene rings is 1. The standard InChI is InChI=1S/C18H22N4O2/c23-17(9-14-24-16-5-2-1-3-6-16)21-15-7-12-22(13-8-15)18-19-10-4-11-20-18/h1-6,10-11,15H,7-9,12-14H2,(H,21,23). The van der Waals surface area contributed by atoms with Crippen LogP contribution in [0.2, 0.25) is 0 Å². The van der Waals surface area contributed by atoms with Crippen molar-refractivity contribution in [1.29, 1.82) is 0 Å². The Bertz CT molecular complexity index is 628. The molecule has 1 saturated heterocycles. The van der Waals surface area contributed by atoms with Gasteiger partial charge in [-0.15, -0.1) is 0 Å². The monoisotopic (exact) mass is 326 g/mol. The van der Waals surface area contributed by atoms with Gasteiger partial charge in [-0.1, -0.05) is 18.2 Å². The minimum absolute atomic E-state index is 0.0420. The van der Waals surface area contributed by atoms with E-state index in [2.05, 4.69) is 20.2 Å². The largest absolute Gasteiger partial charge is 0.493 e. The minimum atomic E-state index is 0.0420. The number of carbonyl (C=O) groups excluding carboxylic acids is 1. The molecule has 1 aromatic carbocycles. The molecule has 0 atom stereocenters. The van der Waals surface area contributed by atoms with E-state index in [0.29, 0.717) is 13.0 Å². The number of para-hydroxylation sites is 1. The zero-order valence-electron chi connectivity index (χ0n) is 13.6. The van der Waals surface area contributed by atoms with Crippen LogP contribution in [0.4, 0.5) is 5.95 Å². The second-order valence-corrected chi connectivity index (χ2v) is 5.79. The lowest BCUT2D eigenvalue weighted by molar-refractivity contribution is -0.122. The molecule has 1 aliphatic rings. The van der Waals surface area contributed by atoms with Crippen molar-refractivity contribution in [2.24, 2.45) is 0 Å². The van der Waals surface area contributed by atoms with E-state index >= 15 is 0 Å². The van der Waals surface area contributed by atoms with Crippen LogP contribution in [0.25, 0.3) is 0 Å². The molecular weight excluding hydrogens is 304 g/mol. The van der Waals surface area contributed by atoms with Gasteiger partial charge >= 0.3 is 0 Å². The van der Waals surface area contributed by atoms with E-state index in [1.54, 1.807) is 12.4 Å². The molecular formula is C18H22N4O2. The number of nitrogens with zero attached hydrogens (tertiary/aromatic N) is 3. The summed E-state index contributed by atoms with van der Waals surface area (Å²) in [6.45, 7) is 2.11. The van der Waals surface area contributed by atoms with E-state index in [1.165, 1.54) is 0 Å². The molecule has 24 heavy (non-hydrogen) atoms. The maximum atomic E-state index is 12.0. The van der Waals surface area contributed by atoms with Gasteiger partial charge in [-0.2, -0.15) is 0 Å². The third-order valence-electron chi connectivity index (χ3n) is 4.04. The Labute approximate surface area is 141 Å². The first-order chi connectivity index (χ1) is 11.8. The van der Waals surface area contributed by atoms with Gasteiger partial charge in [0.15, 0.2) is 0 Å². The van der Waals surface area contributed by atoms with Crippen LogP contribution < -0.4 is 15.0 Å². The first kappa shape index (κ1) is 16.2. The summed E-state index contributed by atoms with van der Waals surface area (Å²) in [6.07, 6.45) is 5.69. The number of carbonyl (C=O) groups is 1. The predicted molar refractivity (Wildman–Crippen MR) is 92.0 cm³/mol. The van der Waals surface area contributed by atoms with Gasteiger partial charge in [0, 0.05) is 31.5 Å². The molecule has 2 aromatic rings. The third-order valence-corrected chi connectivity index (χ3v) is 4.04. The highest BCUT2D eigenvalue weighted by Crippen LogP contribution is 2.15. The van der Waals surface area contributed by atoms with Crippen molar-refractivity contribution < 1.29 is 9.53 Å². The first-order valence-electron chi connectivity index (χ1n) is 8.30. The SMILES string of the molecule is O=C(CCOc1ccccc1)NC1CCN(c2ncccn2)CC1. The summed E-state index contributed by atoms with van der Waals surface area (Å²) in [5, 5.41) is 3.09. The smallest absolute Gasteiger partial charge is 0.225 e. The van der Waals surface area contributed by atoms with Crippen LogP contribution in [0.15, 0.2) is 48.8 Å². The summed E-state index contributed by atoms with van der Waals surface area (Å²) in [4.78, 5) is 22.7. The quantitative estimate of drug-likeness (QED) is 0.880. The van der Waals surface area contributed by atoms with Gasteiger partial charge in [-0.25, -0.2) is 9.97 Å². The van der Waals surface area contributed by atoms with Gasteiger partial charge in [-0.3, -0.25) is 4.79 Å². The molecule has 1 N–H and O–H groups in total. The number of piperidine rings is 1. The van der Waals surface area contributed by atoms with Crippen LogP contribution in [0.3, 0.4) is 0 Å². The molecule has 1 fully saturated rings. The Hall–Kier alpha value is -2.63. The maximum Gasteiger partial charge on any atom is 0.225 e. The predicted octanol–water partition coefficient (Wildman–Crippen LogP) is 2.03. The molecule has 0 spiro atoms.